The molecule has 0 bridgehead atoms. The Kier molecular flexibility index (Phi) is 5.18. The maximum absolute atomic E-state index is 12.0. The molecule has 1 fully saturated rings. The number of carbonyl (C=O) groups excluding carboxylic acids is 1. The molecule has 7 heteroatoms. The number of fused-ring (bicyclic) bond motifs is 1. The van der Waals surface area contributed by atoms with Crippen molar-refractivity contribution < 1.29 is 18.8 Å². The van der Waals surface area contributed by atoms with Crippen molar-refractivity contribution in [2.75, 3.05) is 20.1 Å². The van der Waals surface area contributed by atoms with Crippen LogP contribution < -0.4 is 15.7 Å². The standard InChI is InChI=1S/C21H23B2NO4/c1-14-12-24(2)13-21(25)28-23(27-14)15-6-8-16(9-7-15)26-20-11-10-17-18(20)4-3-5-19(17)22/h3-9,20H,1,10-13,22H2,2H3/t20-/m1/s1. The molecule has 2 aliphatic rings. The van der Waals surface area contributed by atoms with Crippen LogP contribution in [0.15, 0.2) is 54.8 Å². The monoisotopic (exact) mass is 375 g/mol. The zero-order chi connectivity index (χ0) is 19.7. The molecular weight excluding hydrogens is 352 g/mol. The predicted molar refractivity (Wildman–Crippen MR) is 112 cm³/mol. The quantitative estimate of drug-likeness (QED) is 0.741. The first-order chi connectivity index (χ1) is 13.5. The molecule has 1 aliphatic carbocycles. The van der Waals surface area contributed by atoms with Gasteiger partial charge in [0, 0.05) is 5.46 Å². The fourth-order valence-corrected chi connectivity index (χ4v) is 3.87. The van der Waals surface area contributed by atoms with Crippen molar-refractivity contribution in [3.05, 3.63) is 65.9 Å². The molecule has 0 amide bonds. The Morgan fingerprint density at radius 1 is 1.18 bits per heavy atom. The minimum absolute atomic E-state index is 0.0755. The number of rotatable bonds is 3. The van der Waals surface area contributed by atoms with E-state index in [9.17, 15) is 4.79 Å². The van der Waals surface area contributed by atoms with Crippen molar-refractivity contribution in [3.63, 3.8) is 0 Å². The Morgan fingerprint density at radius 2 is 1.96 bits per heavy atom. The minimum Gasteiger partial charge on any atom is -0.525 e. The lowest BCUT2D eigenvalue weighted by Crippen LogP contribution is -2.44. The van der Waals surface area contributed by atoms with Crippen LogP contribution in [0.4, 0.5) is 0 Å². The van der Waals surface area contributed by atoms with E-state index in [1.807, 2.05) is 31.3 Å². The third kappa shape index (κ3) is 3.94. The van der Waals surface area contributed by atoms with Crippen LogP contribution in [0.1, 0.15) is 23.7 Å². The molecule has 0 unspecified atom stereocenters. The largest absolute Gasteiger partial charge is 0.634 e. The van der Waals surface area contributed by atoms with Gasteiger partial charge in [0.25, 0.3) is 0 Å². The smallest absolute Gasteiger partial charge is 0.525 e. The van der Waals surface area contributed by atoms with E-state index in [0.717, 1.165) is 24.1 Å². The summed E-state index contributed by atoms with van der Waals surface area (Å²) in [5.41, 5.74) is 4.77. The molecule has 1 atom stereocenters. The third-order valence-corrected chi connectivity index (χ3v) is 5.24. The average Bonchev–Trinajstić information content (AvgIpc) is 3.05. The molecule has 5 nitrogen and oxygen atoms in total. The van der Waals surface area contributed by atoms with E-state index in [4.69, 9.17) is 14.0 Å². The summed E-state index contributed by atoms with van der Waals surface area (Å²) in [5, 5.41) is 0. The molecule has 0 spiro atoms. The highest BCUT2D eigenvalue weighted by atomic mass is 16.6. The molecule has 0 saturated carbocycles. The molecular formula is C21H23B2NO4. The second-order valence-electron chi connectivity index (χ2n) is 7.51. The zero-order valence-corrected chi connectivity index (χ0v) is 16.3. The first-order valence-electron chi connectivity index (χ1n) is 9.57. The number of ether oxygens (including phenoxy) is 1. The average molecular weight is 375 g/mol. The maximum Gasteiger partial charge on any atom is 0.634 e. The number of hydrogen-bond donors (Lipinski definition) is 0. The Labute approximate surface area is 166 Å². The van der Waals surface area contributed by atoms with Crippen LogP contribution in [0.3, 0.4) is 0 Å². The lowest BCUT2D eigenvalue weighted by molar-refractivity contribution is -0.137. The molecule has 2 aromatic rings. The maximum atomic E-state index is 12.0. The molecule has 0 N–H and O–H groups in total. The van der Waals surface area contributed by atoms with Crippen LogP contribution in [0.2, 0.25) is 0 Å². The van der Waals surface area contributed by atoms with Crippen molar-refractivity contribution in [1.29, 1.82) is 0 Å². The number of benzene rings is 2. The van der Waals surface area contributed by atoms with Gasteiger partial charge in [-0.3, -0.25) is 9.69 Å². The lowest BCUT2D eigenvalue weighted by atomic mass is 9.78. The fraction of sp³-hybridized carbons (Fsp3) is 0.286. The highest BCUT2D eigenvalue weighted by Gasteiger charge is 2.32. The Morgan fingerprint density at radius 3 is 2.75 bits per heavy atom. The molecule has 28 heavy (non-hydrogen) atoms. The SMILES string of the molecule is Bc1cccc2c1CC[C@H]2Oc1ccc(B2OC(=C)CN(C)CC(=O)O2)cc1. The molecule has 2 aromatic carbocycles. The number of likely N-dealkylation sites (N-methyl/N-ethyl adjacent to an activating group) is 1. The molecule has 1 saturated heterocycles. The van der Waals surface area contributed by atoms with Crippen molar-refractivity contribution in [3.8, 4) is 5.75 Å². The molecule has 4 rings (SSSR count). The number of hydrogen-bond acceptors (Lipinski definition) is 5. The Hall–Kier alpha value is -2.66. The number of carbonyl (C=O) groups is 1. The summed E-state index contributed by atoms with van der Waals surface area (Å²) in [6.45, 7) is 4.60. The highest BCUT2D eigenvalue weighted by molar-refractivity contribution is 6.63. The van der Waals surface area contributed by atoms with Gasteiger partial charge in [-0.15, -0.1) is 0 Å². The van der Waals surface area contributed by atoms with Gasteiger partial charge in [-0.05, 0) is 43.1 Å². The lowest BCUT2D eigenvalue weighted by Gasteiger charge is -2.25. The topological polar surface area (TPSA) is 48.0 Å². The van der Waals surface area contributed by atoms with E-state index in [0.29, 0.717) is 12.3 Å². The number of nitrogens with zero attached hydrogens (tertiary/aromatic N) is 1. The first-order valence-corrected chi connectivity index (χ1v) is 9.57. The molecule has 0 radical (unpaired) electrons. The van der Waals surface area contributed by atoms with Crippen molar-refractivity contribution in [1.82, 2.24) is 4.90 Å². The second-order valence-corrected chi connectivity index (χ2v) is 7.51. The molecule has 142 valence electrons. The van der Waals surface area contributed by atoms with Crippen molar-refractivity contribution in [2.45, 2.75) is 18.9 Å². The van der Waals surface area contributed by atoms with Crippen LogP contribution in [-0.4, -0.2) is 46.0 Å². The molecule has 1 heterocycles. The van der Waals surface area contributed by atoms with Gasteiger partial charge in [0.1, 0.15) is 19.7 Å². The first kappa shape index (κ1) is 18.7. The zero-order valence-electron chi connectivity index (χ0n) is 16.3. The van der Waals surface area contributed by atoms with Gasteiger partial charge in [-0.1, -0.05) is 42.4 Å². The van der Waals surface area contributed by atoms with Gasteiger partial charge in [0.2, 0.25) is 0 Å². The van der Waals surface area contributed by atoms with Gasteiger partial charge in [-0.25, -0.2) is 0 Å². The Bertz CT molecular complexity index is 880. The van der Waals surface area contributed by atoms with E-state index in [1.165, 1.54) is 16.6 Å². The van der Waals surface area contributed by atoms with E-state index in [1.54, 1.807) is 4.90 Å². The van der Waals surface area contributed by atoms with Crippen LogP contribution in [-0.2, 0) is 20.5 Å². The van der Waals surface area contributed by atoms with Crippen LogP contribution in [0.25, 0.3) is 0 Å². The summed E-state index contributed by atoms with van der Waals surface area (Å²) in [5.74, 6) is 1.04. The Balaban J connectivity index is 1.47. The summed E-state index contributed by atoms with van der Waals surface area (Å²) in [6.07, 6.45) is 2.11. The van der Waals surface area contributed by atoms with Gasteiger partial charge in [0.05, 0.1) is 18.8 Å². The second kappa shape index (κ2) is 7.76. The fourth-order valence-electron chi connectivity index (χ4n) is 3.87. The summed E-state index contributed by atoms with van der Waals surface area (Å²) in [7, 11) is 3.20. The van der Waals surface area contributed by atoms with E-state index < -0.39 is 7.12 Å². The predicted octanol–water partition coefficient (Wildman–Crippen LogP) is 0.725. The summed E-state index contributed by atoms with van der Waals surface area (Å²) in [4.78, 5) is 13.8. The highest BCUT2D eigenvalue weighted by Crippen LogP contribution is 2.33. The van der Waals surface area contributed by atoms with Gasteiger partial charge in [-0.2, -0.15) is 0 Å². The molecule has 0 aromatic heterocycles. The third-order valence-electron chi connectivity index (χ3n) is 5.24. The van der Waals surface area contributed by atoms with E-state index >= 15 is 0 Å². The normalized spacial score (nSPS) is 20.0. The van der Waals surface area contributed by atoms with Crippen molar-refractivity contribution >= 4 is 31.9 Å². The van der Waals surface area contributed by atoms with Crippen LogP contribution in [0, 0.1) is 0 Å². The van der Waals surface area contributed by atoms with Crippen LogP contribution >= 0.6 is 0 Å². The summed E-state index contributed by atoms with van der Waals surface area (Å²) < 4.78 is 17.4. The van der Waals surface area contributed by atoms with Gasteiger partial charge < -0.3 is 14.0 Å². The van der Waals surface area contributed by atoms with E-state index in [-0.39, 0.29) is 18.6 Å². The summed E-state index contributed by atoms with van der Waals surface area (Å²) >= 11 is 0. The summed E-state index contributed by atoms with van der Waals surface area (Å²) in [6, 6.07) is 13.9. The minimum atomic E-state index is -0.780. The molecule has 1 aliphatic heterocycles. The van der Waals surface area contributed by atoms with Gasteiger partial charge >= 0.3 is 13.1 Å². The van der Waals surface area contributed by atoms with E-state index in [2.05, 4.69) is 32.6 Å². The van der Waals surface area contributed by atoms with Gasteiger partial charge in [0.15, 0.2) is 0 Å². The van der Waals surface area contributed by atoms with Crippen LogP contribution in [0.5, 0.6) is 5.75 Å². The van der Waals surface area contributed by atoms with Crippen molar-refractivity contribution in [2.24, 2.45) is 0 Å².